The molecule has 4 atom stereocenters. The Morgan fingerprint density at radius 3 is 2.37 bits per heavy atom. The van der Waals surface area contributed by atoms with Crippen LogP contribution in [0.25, 0.3) is 0 Å². The van der Waals surface area contributed by atoms with Gasteiger partial charge in [0.15, 0.2) is 0 Å². The van der Waals surface area contributed by atoms with Crippen molar-refractivity contribution in [2.75, 3.05) is 5.32 Å². The van der Waals surface area contributed by atoms with E-state index in [1.807, 2.05) is 48.5 Å². The number of rotatable bonds is 4. The number of para-hydroxylation sites is 1. The summed E-state index contributed by atoms with van der Waals surface area (Å²) in [6.45, 7) is 2.06. The van der Waals surface area contributed by atoms with Gasteiger partial charge >= 0.3 is 0 Å². The minimum atomic E-state index is -1.21. The third-order valence-electron chi connectivity index (χ3n) is 8.74. The number of hydrogen-bond donors (Lipinski definition) is 2. The summed E-state index contributed by atoms with van der Waals surface area (Å²) >= 11 is 0. The monoisotopic (exact) mass is 471 g/mol. The van der Waals surface area contributed by atoms with Crippen molar-refractivity contribution in [3.63, 3.8) is 0 Å². The molecule has 6 heteroatoms. The molecule has 3 heterocycles. The number of likely N-dealkylation sites (tertiary alicyclic amines) is 1. The van der Waals surface area contributed by atoms with Crippen molar-refractivity contribution in [2.45, 2.75) is 75.9 Å². The average Bonchev–Trinajstić information content (AvgIpc) is 3.33. The normalized spacial score (nSPS) is 30.5. The lowest BCUT2D eigenvalue weighted by Gasteiger charge is -2.32. The van der Waals surface area contributed by atoms with Crippen LogP contribution in [0.15, 0.2) is 48.5 Å². The Morgan fingerprint density at radius 1 is 0.914 bits per heavy atom. The number of nitrogens with zero attached hydrogens (tertiary/aromatic N) is 1. The fourth-order valence-corrected chi connectivity index (χ4v) is 7.13. The van der Waals surface area contributed by atoms with Crippen LogP contribution in [-0.4, -0.2) is 34.7 Å². The zero-order valence-corrected chi connectivity index (χ0v) is 20.3. The Hall–Kier alpha value is -2.99. The molecule has 3 fully saturated rings. The van der Waals surface area contributed by atoms with E-state index in [-0.39, 0.29) is 29.8 Å². The number of carbonyl (C=O) groups excluding carboxylic acids is 3. The van der Waals surface area contributed by atoms with Gasteiger partial charge in [0, 0.05) is 23.3 Å². The van der Waals surface area contributed by atoms with Crippen molar-refractivity contribution in [1.82, 2.24) is 10.2 Å². The summed E-state index contributed by atoms with van der Waals surface area (Å²) in [4.78, 5) is 43.6. The van der Waals surface area contributed by atoms with Crippen molar-refractivity contribution in [1.29, 1.82) is 0 Å². The van der Waals surface area contributed by atoms with E-state index in [4.69, 9.17) is 0 Å². The first-order chi connectivity index (χ1) is 17.1. The molecule has 2 N–H and O–H groups in total. The summed E-state index contributed by atoms with van der Waals surface area (Å²) in [5.41, 5.74) is 2.55. The summed E-state index contributed by atoms with van der Waals surface area (Å²) < 4.78 is 0. The Kier molecular flexibility index (Phi) is 5.52. The van der Waals surface area contributed by atoms with Gasteiger partial charge in [-0.15, -0.1) is 0 Å². The quantitative estimate of drug-likeness (QED) is 0.523. The standard InChI is InChI=1S/C29H33N3O3/c1-2-19-13-10-16-21-25(19)30-28(35)29(21)24-23(22(31-29)17-18-11-6-5-7-12-18)26(33)32(27(24)34)20-14-8-3-4-9-15-20/h5-7,10-13,16,20,22-24,31H,2-4,8-9,14-15,17H2,1H3,(H,30,35)/t22-,23+,24-,29+/m0/s1. The Bertz CT molecular complexity index is 1170. The molecule has 2 aromatic rings. The highest BCUT2D eigenvalue weighted by atomic mass is 16.2. The fraction of sp³-hybridized carbons (Fsp3) is 0.483. The molecule has 6 nitrogen and oxygen atoms in total. The number of anilines is 1. The molecule has 2 saturated heterocycles. The zero-order valence-electron chi connectivity index (χ0n) is 20.3. The van der Waals surface area contributed by atoms with Crippen LogP contribution in [0, 0.1) is 11.8 Å². The molecule has 2 aromatic carbocycles. The van der Waals surface area contributed by atoms with Crippen molar-refractivity contribution in [2.24, 2.45) is 11.8 Å². The first-order valence-corrected chi connectivity index (χ1v) is 13.2. The lowest BCUT2D eigenvalue weighted by molar-refractivity contribution is -0.145. The van der Waals surface area contributed by atoms with Gasteiger partial charge in [-0.2, -0.15) is 0 Å². The average molecular weight is 472 g/mol. The van der Waals surface area contributed by atoms with E-state index in [0.717, 1.165) is 67.3 Å². The zero-order chi connectivity index (χ0) is 24.2. The molecule has 1 aliphatic carbocycles. The predicted molar refractivity (Wildman–Crippen MR) is 134 cm³/mol. The van der Waals surface area contributed by atoms with E-state index in [9.17, 15) is 14.4 Å². The van der Waals surface area contributed by atoms with Crippen molar-refractivity contribution in [3.05, 3.63) is 65.2 Å². The lowest BCUT2D eigenvalue weighted by Crippen LogP contribution is -2.54. The van der Waals surface area contributed by atoms with Gasteiger partial charge in [0.1, 0.15) is 5.54 Å². The molecular formula is C29H33N3O3. The number of aryl methyl sites for hydroxylation is 1. The van der Waals surface area contributed by atoms with Gasteiger partial charge in [0.25, 0.3) is 0 Å². The third-order valence-corrected chi connectivity index (χ3v) is 8.74. The molecule has 3 amide bonds. The lowest BCUT2D eigenvalue weighted by atomic mass is 9.76. The first kappa shape index (κ1) is 22.5. The maximum Gasteiger partial charge on any atom is 0.250 e. The molecule has 35 heavy (non-hydrogen) atoms. The van der Waals surface area contributed by atoms with Crippen LogP contribution in [0.2, 0.25) is 0 Å². The van der Waals surface area contributed by atoms with E-state index in [1.54, 1.807) is 4.90 Å². The van der Waals surface area contributed by atoms with Crippen LogP contribution < -0.4 is 10.6 Å². The largest absolute Gasteiger partial charge is 0.324 e. The van der Waals surface area contributed by atoms with Gasteiger partial charge in [0.05, 0.1) is 11.8 Å². The highest BCUT2D eigenvalue weighted by Crippen LogP contribution is 2.54. The highest BCUT2D eigenvalue weighted by Gasteiger charge is 2.70. The number of nitrogens with one attached hydrogen (secondary N) is 2. The van der Waals surface area contributed by atoms with Gasteiger partial charge < -0.3 is 5.32 Å². The number of benzene rings is 2. The van der Waals surface area contributed by atoms with E-state index in [2.05, 4.69) is 17.6 Å². The second-order valence-electron chi connectivity index (χ2n) is 10.6. The number of fused-ring (bicyclic) bond motifs is 4. The van der Waals surface area contributed by atoms with Crippen molar-refractivity contribution in [3.8, 4) is 0 Å². The Morgan fingerprint density at radius 2 is 1.66 bits per heavy atom. The van der Waals surface area contributed by atoms with Crippen LogP contribution >= 0.6 is 0 Å². The minimum Gasteiger partial charge on any atom is -0.324 e. The number of imide groups is 1. The van der Waals surface area contributed by atoms with E-state index in [0.29, 0.717) is 6.42 Å². The maximum atomic E-state index is 14.2. The van der Waals surface area contributed by atoms with Gasteiger partial charge in [-0.3, -0.25) is 24.6 Å². The molecule has 182 valence electrons. The molecule has 0 aromatic heterocycles. The fourth-order valence-electron chi connectivity index (χ4n) is 7.13. The molecule has 3 aliphatic heterocycles. The summed E-state index contributed by atoms with van der Waals surface area (Å²) in [5, 5.41) is 6.69. The van der Waals surface area contributed by atoms with Crippen molar-refractivity contribution < 1.29 is 14.4 Å². The topological polar surface area (TPSA) is 78.5 Å². The van der Waals surface area contributed by atoms with E-state index in [1.165, 1.54) is 0 Å². The molecule has 0 radical (unpaired) electrons. The van der Waals surface area contributed by atoms with Crippen LogP contribution in [-0.2, 0) is 32.8 Å². The summed E-state index contributed by atoms with van der Waals surface area (Å²) in [6, 6.07) is 15.6. The van der Waals surface area contributed by atoms with E-state index < -0.39 is 17.4 Å². The second kappa shape index (κ2) is 8.59. The number of amides is 3. The van der Waals surface area contributed by atoms with Crippen LogP contribution in [0.3, 0.4) is 0 Å². The van der Waals surface area contributed by atoms with Gasteiger partial charge in [-0.05, 0) is 36.8 Å². The van der Waals surface area contributed by atoms with Crippen LogP contribution in [0.1, 0.15) is 62.1 Å². The summed E-state index contributed by atoms with van der Waals surface area (Å²) in [5.74, 6) is -1.74. The molecule has 1 saturated carbocycles. The minimum absolute atomic E-state index is 0.0524. The summed E-state index contributed by atoms with van der Waals surface area (Å²) in [6.07, 6.45) is 7.48. The molecular weight excluding hydrogens is 438 g/mol. The van der Waals surface area contributed by atoms with Gasteiger partial charge in [-0.25, -0.2) is 0 Å². The smallest absolute Gasteiger partial charge is 0.250 e. The molecule has 4 aliphatic rings. The molecule has 1 spiro atoms. The van der Waals surface area contributed by atoms with Crippen molar-refractivity contribution >= 4 is 23.4 Å². The third kappa shape index (κ3) is 3.29. The number of carbonyl (C=O) groups is 3. The van der Waals surface area contributed by atoms with Gasteiger partial charge in [0.2, 0.25) is 17.7 Å². The number of hydrogen-bond acceptors (Lipinski definition) is 4. The van der Waals surface area contributed by atoms with Crippen LogP contribution in [0.5, 0.6) is 0 Å². The molecule has 0 bridgehead atoms. The van der Waals surface area contributed by atoms with E-state index >= 15 is 0 Å². The van der Waals surface area contributed by atoms with Gasteiger partial charge in [-0.1, -0.05) is 81.1 Å². The summed E-state index contributed by atoms with van der Waals surface area (Å²) in [7, 11) is 0. The Labute approximate surface area is 206 Å². The van der Waals surface area contributed by atoms with Crippen LogP contribution in [0.4, 0.5) is 5.69 Å². The maximum absolute atomic E-state index is 14.2. The Balaban J connectivity index is 1.46. The molecule has 0 unspecified atom stereocenters. The second-order valence-corrected chi connectivity index (χ2v) is 10.6. The molecule has 6 rings (SSSR count). The predicted octanol–water partition coefficient (Wildman–Crippen LogP) is 3.93. The highest BCUT2D eigenvalue weighted by molar-refractivity contribution is 6.15. The first-order valence-electron chi connectivity index (χ1n) is 13.2. The SMILES string of the molecule is CCc1cccc2c1NC(=O)[C@@]21N[C@@H](Cc2ccccc2)[C@H]2C(=O)N(C3CCCCCC3)C(=O)[C@H]21.